The van der Waals surface area contributed by atoms with Crippen molar-refractivity contribution in [1.82, 2.24) is 10.2 Å². The Morgan fingerprint density at radius 2 is 1.92 bits per heavy atom. The van der Waals surface area contributed by atoms with Crippen LogP contribution in [0.25, 0.3) is 11.5 Å². The highest BCUT2D eigenvalue weighted by molar-refractivity contribution is 6.33. The van der Waals surface area contributed by atoms with E-state index >= 15 is 0 Å². The summed E-state index contributed by atoms with van der Waals surface area (Å²) in [4.78, 5) is 12.3. The van der Waals surface area contributed by atoms with Gasteiger partial charge in [0, 0.05) is 6.07 Å². The molecule has 128 valence electrons. The van der Waals surface area contributed by atoms with Crippen LogP contribution in [0.1, 0.15) is 10.7 Å². The highest BCUT2D eigenvalue weighted by Crippen LogP contribution is 2.30. The van der Waals surface area contributed by atoms with Crippen molar-refractivity contribution < 1.29 is 18.7 Å². The van der Waals surface area contributed by atoms with Gasteiger partial charge in [-0.15, -0.1) is 10.2 Å². The number of carbonyl (C=O) groups excluding carboxylic acids is 1. The summed E-state index contributed by atoms with van der Waals surface area (Å²) in [5.74, 6) is 0.465. The van der Waals surface area contributed by atoms with E-state index in [1.54, 1.807) is 49.6 Å². The molecule has 1 heterocycles. The summed E-state index contributed by atoms with van der Waals surface area (Å²) in [6, 6.07) is 12.0. The molecule has 0 aliphatic rings. The van der Waals surface area contributed by atoms with Gasteiger partial charge in [-0.1, -0.05) is 23.7 Å². The number of rotatable bonds is 5. The second-order valence-corrected chi connectivity index (χ2v) is 5.32. The molecule has 0 fully saturated rings. The number of nitrogens with zero attached hydrogens (tertiary/aromatic N) is 2. The lowest BCUT2D eigenvalue weighted by Gasteiger charge is -2.10. The Bertz CT molecular complexity index is 910. The lowest BCUT2D eigenvalue weighted by molar-refractivity contribution is 0.0990. The molecule has 1 amide bonds. The SMILES string of the molecule is COc1ccc(NC(=O)c2nnc(-c3ccccc3Cl)o2)c(OC)c1. The summed E-state index contributed by atoms with van der Waals surface area (Å²) in [5.41, 5.74) is 1.00. The van der Waals surface area contributed by atoms with E-state index in [1.165, 1.54) is 7.11 Å². The van der Waals surface area contributed by atoms with E-state index in [1.807, 2.05) is 0 Å². The minimum atomic E-state index is -0.561. The molecular weight excluding hydrogens is 346 g/mol. The number of ether oxygens (including phenoxy) is 2. The number of anilines is 1. The van der Waals surface area contributed by atoms with E-state index in [-0.39, 0.29) is 11.8 Å². The van der Waals surface area contributed by atoms with Crippen molar-refractivity contribution in [3.63, 3.8) is 0 Å². The molecule has 3 aromatic rings. The molecule has 2 aromatic carbocycles. The lowest BCUT2D eigenvalue weighted by Crippen LogP contribution is -2.13. The fourth-order valence-electron chi connectivity index (χ4n) is 2.14. The number of hydrogen-bond donors (Lipinski definition) is 1. The van der Waals surface area contributed by atoms with Gasteiger partial charge in [0.1, 0.15) is 11.5 Å². The zero-order valence-corrected chi connectivity index (χ0v) is 14.2. The summed E-state index contributed by atoms with van der Waals surface area (Å²) in [6.45, 7) is 0. The number of amides is 1. The van der Waals surface area contributed by atoms with Crippen molar-refractivity contribution in [3.05, 3.63) is 53.4 Å². The van der Waals surface area contributed by atoms with Gasteiger partial charge in [0.05, 0.1) is 30.5 Å². The van der Waals surface area contributed by atoms with Gasteiger partial charge in [-0.3, -0.25) is 4.79 Å². The van der Waals surface area contributed by atoms with Crippen molar-refractivity contribution in [2.75, 3.05) is 19.5 Å². The number of aromatic nitrogens is 2. The fraction of sp³-hybridized carbons (Fsp3) is 0.118. The van der Waals surface area contributed by atoms with Crippen LogP contribution in [-0.4, -0.2) is 30.3 Å². The average molecular weight is 360 g/mol. The van der Waals surface area contributed by atoms with Gasteiger partial charge in [-0.2, -0.15) is 0 Å². The van der Waals surface area contributed by atoms with Crippen LogP contribution in [0.5, 0.6) is 11.5 Å². The molecule has 0 spiro atoms. The van der Waals surface area contributed by atoms with Crippen molar-refractivity contribution in [3.8, 4) is 23.0 Å². The van der Waals surface area contributed by atoms with Gasteiger partial charge in [0.2, 0.25) is 5.89 Å². The molecule has 0 atom stereocenters. The first-order chi connectivity index (χ1) is 12.1. The van der Waals surface area contributed by atoms with E-state index in [0.29, 0.717) is 27.8 Å². The highest BCUT2D eigenvalue weighted by Gasteiger charge is 2.19. The van der Waals surface area contributed by atoms with Gasteiger partial charge >= 0.3 is 11.8 Å². The molecule has 0 unspecified atom stereocenters. The van der Waals surface area contributed by atoms with Crippen molar-refractivity contribution in [2.45, 2.75) is 0 Å². The van der Waals surface area contributed by atoms with E-state index in [0.717, 1.165) is 0 Å². The Morgan fingerprint density at radius 1 is 1.12 bits per heavy atom. The van der Waals surface area contributed by atoms with Crippen LogP contribution >= 0.6 is 11.6 Å². The van der Waals surface area contributed by atoms with Crippen molar-refractivity contribution in [2.24, 2.45) is 0 Å². The van der Waals surface area contributed by atoms with Crippen LogP contribution in [-0.2, 0) is 0 Å². The maximum Gasteiger partial charge on any atom is 0.313 e. The highest BCUT2D eigenvalue weighted by atomic mass is 35.5. The van der Waals surface area contributed by atoms with Crippen LogP contribution in [0.4, 0.5) is 5.69 Å². The van der Waals surface area contributed by atoms with E-state index in [2.05, 4.69) is 15.5 Å². The summed E-state index contributed by atoms with van der Waals surface area (Å²) in [7, 11) is 3.04. The second-order valence-electron chi connectivity index (χ2n) is 4.91. The first-order valence-corrected chi connectivity index (χ1v) is 7.62. The third-order valence-electron chi connectivity index (χ3n) is 3.38. The molecule has 7 nitrogen and oxygen atoms in total. The van der Waals surface area contributed by atoms with Gasteiger partial charge in [-0.05, 0) is 24.3 Å². The van der Waals surface area contributed by atoms with Gasteiger partial charge < -0.3 is 19.2 Å². The van der Waals surface area contributed by atoms with Crippen molar-refractivity contribution in [1.29, 1.82) is 0 Å². The largest absolute Gasteiger partial charge is 0.497 e. The molecule has 1 N–H and O–H groups in total. The topological polar surface area (TPSA) is 86.5 Å². The number of benzene rings is 2. The predicted octanol–water partition coefficient (Wildman–Crippen LogP) is 3.66. The summed E-state index contributed by atoms with van der Waals surface area (Å²) < 4.78 is 15.8. The fourth-order valence-corrected chi connectivity index (χ4v) is 2.35. The quantitative estimate of drug-likeness (QED) is 0.748. The smallest absolute Gasteiger partial charge is 0.313 e. The molecule has 3 rings (SSSR count). The number of nitrogens with one attached hydrogen (secondary N) is 1. The minimum Gasteiger partial charge on any atom is -0.497 e. The third kappa shape index (κ3) is 3.56. The Labute approximate surface area is 148 Å². The number of methoxy groups -OCH3 is 2. The van der Waals surface area contributed by atoms with Gasteiger partial charge in [0.25, 0.3) is 0 Å². The van der Waals surface area contributed by atoms with Gasteiger partial charge in [-0.25, -0.2) is 0 Å². The van der Waals surface area contributed by atoms with Crippen molar-refractivity contribution >= 4 is 23.2 Å². The second kappa shape index (κ2) is 7.23. The lowest BCUT2D eigenvalue weighted by atomic mass is 10.2. The first kappa shape index (κ1) is 16.8. The zero-order chi connectivity index (χ0) is 17.8. The molecule has 0 radical (unpaired) electrons. The summed E-state index contributed by atoms with van der Waals surface area (Å²) in [5, 5.41) is 10.7. The molecule has 0 bridgehead atoms. The zero-order valence-electron chi connectivity index (χ0n) is 13.4. The van der Waals surface area contributed by atoms with Crippen LogP contribution in [0.3, 0.4) is 0 Å². The number of halogens is 1. The van der Waals surface area contributed by atoms with Crippen LogP contribution in [0, 0.1) is 0 Å². The van der Waals surface area contributed by atoms with Crippen LogP contribution < -0.4 is 14.8 Å². The Kier molecular flexibility index (Phi) is 4.85. The molecule has 1 aromatic heterocycles. The predicted molar refractivity (Wildman–Crippen MR) is 92.2 cm³/mol. The Morgan fingerprint density at radius 3 is 2.64 bits per heavy atom. The summed E-state index contributed by atoms with van der Waals surface area (Å²) in [6.07, 6.45) is 0. The van der Waals surface area contributed by atoms with Gasteiger partial charge in [0.15, 0.2) is 0 Å². The third-order valence-corrected chi connectivity index (χ3v) is 3.71. The molecular formula is C17H14ClN3O4. The number of carbonyl (C=O) groups is 1. The van der Waals surface area contributed by atoms with Crippen LogP contribution in [0.2, 0.25) is 5.02 Å². The Hall–Kier alpha value is -3.06. The van der Waals surface area contributed by atoms with E-state index in [4.69, 9.17) is 25.5 Å². The summed E-state index contributed by atoms with van der Waals surface area (Å²) >= 11 is 6.09. The molecule has 8 heteroatoms. The molecule has 0 saturated carbocycles. The molecule has 25 heavy (non-hydrogen) atoms. The molecule has 0 aliphatic carbocycles. The molecule has 0 saturated heterocycles. The maximum atomic E-state index is 12.3. The normalized spacial score (nSPS) is 10.4. The first-order valence-electron chi connectivity index (χ1n) is 7.24. The van der Waals surface area contributed by atoms with E-state index < -0.39 is 5.91 Å². The monoisotopic (exact) mass is 359 g/mol. The van der Waals surface area contributed by atoms with E-state index in [9.17, 15) is 4.79 Å². The standard InChI is InChI=1S/C17H14ClN3O4/c1-23-10-7-8-13(14(9-10)24-2)19-15(22)17-21-20-16(25-17)11-5-3-4-6-12(11)18/h3-9H,1-2H3,(H,19,22). The maximum absolute atomic E-state index is 12.3. The average Bonchev–Trinajstić information content (AvgIpc) is 3.12. The Balaban J connectivity index is 1.82. The minimum absolute atomic E-state index is 0.164. The number of hydrogen-bond acceptors (Lipinski definition) is 6. The van der Waals surface area contributed by atoms with Crippen LogP contribution in [0.15, 0.2) is 46.9 Å². The molecule has 0 aliphatic heterocycles.